The van der Waals surface area contributed by atoms with Crippen molar-refractivity contribution in [1.82, 2.24) is 19.7 Å². The van der Waals surface area contributed by atoms with Crippen LogP contribution in [0.4, 0.5) is 0 Å². The molecule has 0 bridgehead atoms. The molecule has 1 aliphatic carbocycles. The van der Waals surface area contributed by atoms with E-state index in [0.717, 1.165) is 48.1 Å². The Morgan fingerprint density at radius 3 is 2.70 bits per heavy atom. The first-order chi connectivity index (χ1) is 13.2. The minimum atomic E-state index is 0.117. The highest BCUT2D eigenvalue weighted by Gasteiger charge is 2.32. The van der Waals surface area contributed by atoms with Crippen LogP contribution in [0.2, 0.25) is 0 Å². The number of rotatable bonds is 3. The fourth-order valence-corrected chi connectivity index (χ4v) is 4.25. The number of amides is 1. The van der Waals surface area contributed by atoms with Crippen LogP contribution in [0.5, 0.6) is 0 Å². The van der Waals surface area contributed by atoms with Gasteiger partial charge in [0, 0.05) is 25.2 Å². The lowest BCUT2D eigenvalue weighted by molar-refractivity contribution is 0.0613. The number of piperidine rings is 1. The molecule has 0 N–H and O–H groups in total. The maximum Gasteiger partial charge on any atom is 0.255 e. The Bertz CT molecular complexity index is 990. The topological polar surface area (TPSA) is 51.0 Å². The second kappa shape index (κ2) is 6.48. The molecule has 27 heavy (non-hydrogen) atoms. The van der Waals surface area contributed by atoms with E-state index in [1.54, 1.807) is 10.9 Å². The first kappa shape index (κ1) is 16.5. The second-order valence-electron chi connectivity index (χ2n) is 7.80. The largest absolute Gasteiger partial charge is 0.332 e. The van der Waals surface area contributed by atoms with Gasteiger partial charge in [-0.3, -0.25) is 9.48 Å². The standard InChI is InChI=1S/C22H24N4O/c1-25-21-18(14-23-25)17(13-19(24-21)15-10-11-15)22(27)26-12-6-5-9-20(26)16-7-3-2-4-8-16/h2-4,7-8,13-15,20H,5-6,9-12H2,1H3/t20-/m1/s1. The summed E-state index contributed by atoms with van der Waals surface area (Å²) in [5, 5.41) is 5.23. The van der Waals surface area contributed by atoms with Gasteiger partial charge in [0.2, 0.25) is 0 Å². The maximum atomic E-state index is 13.7. The average Bonchev–Trinajstić information content (AvgIpc) is 3.51. The summed E-state index contributed by atoms with van der Waals surface area (Å²) < 4.78 is 1.78. The van der Waals surface area contributed by atoms with Crippen LogP contribution in [0, 0.1) is 0 Å². The zero-order chi connectivity index (χ0) is 18.4. The van der Waals surface area contributed by atoms with Gasteiger partial charge >= 0.3 is 0 Å². The van der Waals surface area contributed by atoms with E-state index in [0.29, 0.717) is 5.92 Å². The zero-order valence-corrected chi connectivity index (χ0v) is 15.6. The lowest BCUT2D eigenvalue weighted by atomic mass is 9.94. The summed E-state index contributed by atoms with van der Waals surface area (Å²) >= 11 is 0. The monoisotopic (exact) mass is 360 g/mol. The molecule has 5 heteroatoms. The Hall–Kier alpha value is -2.69. The molecule has 3 aromatic rings. The van der Waals surface area contributed by atoms with Crippen LogP contribution in [0.3, 0.4) is 0 Å². The number of hydrogen-bond donors (Lipinski definition) is 0. The molecule has 1 saturated carbocycles. The van der Waals surface area contributed by atoms with Crippen LogP contribution >= 0.6 is 0 Å². The van der Waals surface area contributed by atoms with Crippen LogP contribution < -0.4 is 0 Å². The Balaban J connectivity index is 1.58. The molecule has 0 radical (unpaired) electrons. The van der Waals surface area contributed by atoms with Crippen molar-refractivity contribution in [1.29, 1.82) is 0 Å². The van der Waals surface area contributed by atoms with Crippen molar-refractivity contribution in [3.63, 3.8) is 0 Å². The molecule has 2 aromatic heterocycles. The summed E-state index contributed by atoms with van der Waals surface area (Å²) in [6.45, 7) is 0.807. The highest BCUT2D eigenvalue weighted by Crippen LogP contribution is 2.41. The van der Waals surface area contributed by atoms with Gasteiger partial charge in [-0.05, 0) is 43.7 Å². The molecule has 0 unspecified atom stereocenters. The fraction of sp³-hybridized carbons (Fsp3) is 0.409. The number of aryl methyl sites for hydroxylation is 1. The van der Waals surface area contributed by atoms with Gasteiger partial charge in [0.15, 0.2) is 5.65 Å². The third kappa shape index (κ3) is 2.91. The number of fused-ring (bicyclic) bond motifs is 1. The minimum Gasteiger partial charge on any atom is -0.332 e. The van der Waals surface area contributed by atoms with Crippen LogP contribution in [-0.4, -0.2) is 32.1 Å². The second-order valence-corrected chi connectivity index (χ2v) is 7.80. The number of nitrogens with zero attached hydrogens (tertiary/aromatic N) is 4. The summed E-state index contributed by atoms with van der Waals surface area (Å²) in [4.78, 5) is 20.5. The number of carbonyl (C=O) groups is 1. The molecule has 3 heterocycles. The number of aromatic nitrogens is 3. The van der Waals surface area contributed by atoms with Gasteiger partial charge in [0.05, 0.1) is 23.2 Å². The van der Waals surface area contributed by atoms with Crippen LogP contribution in [0.15, 0.2) is 42.6 Å². The predicted octanol–water partition coefficient (Wildman–Crippen LogP) is 4.21. The molecule has 5 rings (SSSR count). The SMILES string of the molecule is Cn1ncc2c(C(=O)N3CCCC[C@@H]3c3ccccc3)cc(C3CC3)nc21. The molecule has 5 nitrogen and oxygen atoms in total. The van der Waals surface area contributed by atoms with E-state index in [1.165, 1.54) is 18.4 Å². The molecule has 1 aromatic carbocycles. The molecular weight excluding hydrogens is 336 g/mol. The van der Waals surface area contributed by atoms with E-state index in [1.807, 2.05) is 19.2 Å². The van der Waals surface area contributed by atoms with Gasteiger partial charge in [0.1, 0.15) is 0 Å². The number of benzene rings is 1. The minimum absolute atomic E-state index is 0.117. The number of carbonyl (C=O) groups excluding carboxylic acids is 1. The lowest BCUT2D eigenvalue weighted by Gasteiger charge is -2.36. The lowest BCUT2D eigenvalue weighted by Crippen LogP contribution is -2.38. The van der Waals surface area contributed by atoms with Crippen molar-refractivity contribution >= 4 is 16.9 Å². The molecular formula is C22H24N4O. The van der Waals surface area contributed by atoms with E-state index >= 15 is 0 Å². The Morgan fingerprint density at radius 1 is 1.11 bits per heavy atom. The number of pyridine rings is 1. The third-order valence-electron chi connectivity index (χ3n) is 5.90. The van der Waals surface area contributed by atoms with Crippen molar-refractivity contribution < 1.29 is 4.79 Å². The Kier molecular flexibility index (Phi) is 3.96. The van der Waals surface area contributed by atoms with Crippen molar-refractivity contribution in [2.75, 3.05) is 6.54 Å². The molecule has 138 valence electrons. The molecule has 1 aliphatic heterocycles. The van der Waals surface area contributed by atoms with E-state index in [-0.39, 0.29) is 11.9 Å². The highest BCUT2D eigenvalue weighted by atomic mass is 16.2. The van der Waals surface area contributed by atoms with Crippen molar-refractivity contribution in [3.05, 3.63) is 59.4 Å². The number of likely N-dealkylation sites (tertiary alicyclic amines) is 1. The van der Waals surface area contributed by atoms with Gasteiger partial charge in [-0.15, -0.1) is 0 Å². The zero-order valence-electron chi connectivity index (χ0n) is 15.6. The Morgan fingerprint density at radius 2 is 1.93 bits per heavy atom. The van der Waals surface area contributed by atoms with Gasteiger partial charge in [-0.25, -0.2) is 4.98 Å². The van der Waals surface area contributed by atoms with Crippen LogP contribution in [0.1, 0.15) is 65.7 Å². The van der Waals surface area contributed by atoms with E-state index < -0.39 is 0 Å². The molecule has 0 spiro atoms. The van der Waals surface area contributed by atoms with E-state index in [4.69, 9.17) is 4.98 Å². The first-order valence-electron chi connectivity index (χ1n) is 9.91. The molecule has 1 amide bonds. The molecule has 1 saturated heterocycles. The van der Waals surface area contributed by atoms with Crippen molar-refractivity contribution in [3.8, 4) is 0 Å². The van der Waals surface area contributed by atoms with Gasteiger partial charge in [0.25, 0.3) is 5.91 Å². The molecule has 2 fully saturated rings. The summed E-state index contributed by atoms with van der Waals surface area (Å²) in [5.74, 6) is 0.618. The summed E-state index contributed by atoms with van der Waals surface area (Å²) in [6, 6.07) is 12.6. The molecule has 1 atom stereocenters. The van der Waals surface area contributed by atoms with Gasteiger partial charge in [-0.2, -0.15) is 5.10 Å². The van der Waals surface area contributed by atoms with Gasteiger partial charge < -0.3 is 4.90 Å². The van der Waals surface area contributed by atoms with E-state index in [2.05, 4.69) is 34.3 Å². The van der Waals surface area contributed by atoms with Crippen molar-refractivity contribution in [2.45, 2.75) is 44.1 Å². The van der Waals surface area contributed by atoms with Crippen molar-refractivity contribution in [2.24, 2.45) is 7.05 Å². The normalized spacial score (nSPS) is 20.2. The maximum absolute atomic E-state index is 13.7. The average molecular weight is 360 g/mol. The first-order valence-corrected chi connectivity index (χ1v) is 9.91. The molecule has 2 aliphatic rings. The predicted molar refractivity (Wildman–Crippen MR) is 105 cm³/mol. The van der Waals surface area contributed by atoms with Gasteiger partial charge in [-0.1, -0.05) is 30.3 Å². The summed E-state index contributed by atoms with van der Waals surface area (Å²) in [5.41, 5.74) is 3.85. The third-order valence-corrected chi connectivity index (χ3v) is 5.90. The summed E-state index contributed by atoms with van der Waals surface area (Å²) in [7, 11) is 1.90. The van der Waals surface area contributed by atoms with E-state index in [9.17, 15) is 4.79 Å². The van der Waals surface area contributed by atoms with Crippen LogP contribution in [0.25, 0.3) is 11.0 Å². The summed E-state index contributed by atoms with van der Waals surface area (Å²) in [6.07, 6.45) is 7.36. The number of hydrogen-bond acceptors (Lipinski definition) is 3. The van der Waals surface area contributed by atoms with Crippen LogP contribution in [-0.2, 0) is 7.05 Å². The quantitative estimate of drug-likeness (QED) is 0.703. The Labute approximate surface area is 159 Å². The smallest absolute Gasteiger partial charge is 0.255 e. The highest BCUT2D eigenvalue weighted by molar-refractivity contribution is 6.05. The fourth-order valence-electron chi connectivity index (χ4n) is 4.25.